The summed E-state index contributed by atoms with van der Waals surface area (Å²) in [7, 11) is 0. The minimum Gasteiger partial charge on any atom is -0.507 e. The predicted molar refractivity (Wildman–Crippen MR) is 81.6 cm³/mol. The van der Waals surface area contributed by atoms with Crippen LogP contribution in [-0.2, 0) is 0 Å². The van der Waals surface area contributed by atoms with Crippen molar-refractivity contribution in [1.29, 1.82) is 0 Å². The van der Waals surface area contributed by atoms with Crippen LogP contribution in [-0.4, -0.2) is 15.2 Å². The van der Waals surface area contributed by atoms with Gasteiger partial charge in [-0.05, 0) is 26.0 Å². The van der Waals surface area contributed by atoms with Crippen molar-refractivity contribution in [3.05, 3.63) is 51.7 Å². The Bertz CT molecular complexity index is 886. The van der Waals surface area contributed by atoms with Crippen molar-refractivity contribution in [2.24, 2.45) is 0 Å². The lowest BCUT2D eigenvalue weighted by Crippen LogP contribution is -2.17. The van der Waals surface area contributed by atoms with Crippen molar-refractivity contribution in [1.82, 2.24) is 4.98 Å². The highest BCUT2D eigenvalue weighted by Gasteiger charge is 2.10. The van der Waals surface area contributed by atoms with E-state index in [-0.39, 0.29) is 11.5 Å². The molecule has 0 radical (unpaired) electrons. The van der Waals surface area contributed by atoms with Gasteiger partial charge in [0.25, 0.3) is 0 Å². The molecular weight excluding hydrogens is 266 g/mol. The second-order valence-corrected chi connectivity index (χ2v) is 5.00. The van der Waals surface area contributed by atoms with Crippen LogP contribution in [0.5, 0.6) is 11.5 Å². The summed E-state index contributed by atoms with van der Waals surface area (Å²) in [5, 5.41) is 21.3. The van der Waals surface area contributed by atoms with Crippen LogP contribution in [0.25, 0.3) is 23.8 Å². The van der Waals surface area contributed by atoms with Gasteiger partial charge in [-0.15, -0.1) is 0 Å². The molecule has 4 heteroatoms. The van der Waals surface area contributed by atoms with E-state index in [9.17, 15) is 10.2 Å². The van der Waals surface area contributed by atoms with Crippen molar-refractivity contribution >= 4 is 23.8 Å². The average Bonchev–Trinajstić information content (AvgIpc) is 2.90. The summed E-state index contributed by atoms with van der Waals surface area (Å²) in [6.07, 6.45) is 1.62. The fourth-order valence-corrected chi connectivity index (χ4v) is 2.31. The van der Waals surface area contributed by atoms with Crippen LogP contribution in [0, 0.1) is 13.8 Å². The molecule has 0 amide bonds. The standard InChI is InChI=1S/C17H15NO3/c1-9-10(2)17(20)12(11(3)16(9)19)8-15-18-13-6-4-5-7-14(13)21-15/h4-8,19-20H,1H2,2-3H3/b12-8+. The Hall–Kier alpha value is -2.75. The van der Waals surface area contributed by atoms with Crippen LogP contribution in [0.2, 0.25) is 0 Å². The number of rotatable bonds is 1. The van der Waals surface area contributed by atoms with E-state index in [2.05, 4.69) is 11.6 Å². The molecule has 3 aromatic rings. The topological polar surface area (TPSA) is 66.5 Å². The largest absolute Gasteiger partial charge is 0.507 e. The number of fused-ring (bicyclic) bond motifs is 1. The number of para-hydroxylation sites is 2. The Morgan fingerprint density at radius 3 is 2.52 bits per heavy atom. The third-order valence-corrected chi connectivity index (χ3v) is 3.69. The maximum absolute atomic E-state index is 10.3. The molecule has 21 heavy (non-hydrogen) atoms. The van der Waals surface area contributed by atoms with Gasteiger partial charge in [-0.25, -0.2) is 4.98 Å². The molecule has 0 saturated carbocycles. The van der Waals surface area contributed by atoms with Gasteiger partial charge in [0.15, 0.2) is 5.58 Å². The summed E-state index contributed by atoms with van der Waals surface area (Å²) < 4.78 is 5.62. The molecule has 3 rings (SSSR count). The molecule has 0 fully saturated rings. The Morgan fingerprint density at radius 2 is 1.81 bits per heavy atom. The van der Waals surface area contributed by atoms with Crippen LogP contribution >= 0.6 is 0 Å². The Morgan fingerprint density at radius 1 is 1.10 bits per heavy atom. The maximum atomic E-state index is 10.3. The van der Waals surface area contributed by atoms with Gasteiger partial charge >= 0.3 is 0 Å². The highest BCUT2D eigenvalue weighted by Crippen LogP contribution is 2.18. The second kappa shape index (κ2) is 4.66. The van der Waals surface area contributed by atoms with Gasteiger partial charge < -0.3 is 14.6 Å². The Balaban J connectivity index is 2.31. The lowest BCUT2D eigenvalue weighted by atomic mass is 10.0. The molecule has 106 valence electrons. The molecule has 1 heterocycles. The van der Waals surface area contributed by atoms with Crippen molar-refractivity contribution in [3.8, 4) is 11.5 Å². The zero-order chi connectivity index (χ0) is 15.1. The molecule has 1 aromatic heterocycles. The summed E-state index contributed by atoms with van der Waals surface area (Å²) in [5.74, 6) is 0.537. The van der Waals surface area contributed by atoms with Crippen LogP contribution in [0.3, 0.4) is 0 Å². The number of hydrogen-bond donors (Lipinski definition) is 2. The first-order valence-electron chi connectivity index (χ1n) is 6.56. The smallest absolute Gasteiger partial charge is 0.220 e. The van der Waals surface area contributed by atoms with Crippen molar-refractivity contribution in [3.63, 3.8) is 0 Å². The maximum Gasteiger partial charge on any atom is 0.220 e. The summed E-state index contributed by atoms with van der Waals surface area (Å²) in [4.78, 5) is 4.34. The molecular formula is C17H15NO3. The summed E-state index contributed by atoms with van der Waals surface area (Å²) in [5.41, 5.74) is 2.51. The van der Waals surface area contributed by atoms with Gasteiger partial charge in [-0.3, -0.25) is 0 Å². The molecule has 0 bridgehead atoms. The van der Waals surface area contributed by atoms with Crippen LogP contribution in [0.15, 0.2) is 28.7 Å². The SMILES string of the molecule is C=c1c(C)c(O)/c(=C/c2nc3ccccc3o2)c(C)c1O. The van der Waals surface area contributed by atoms with Gasteiger partial charge in [-0.2, -0.15) is 0 Å². The minimum absolute atomic E-state index is 0.0765. The molecule has 0 aliphatic carbocycles. The second-order valence-electron chi connectivity index (χ2n) is 5.00. The molecule has 2 N–H and O–H groups in total. The third kappa shape index (κ3) is 2.05. The summed E-state index contributed by atoms with van der Waals surface area (Å²) >= 11 is 0. The normalized spacial score (nSPS) is 12.2. The lowest BCUT2D eigenvalue weighted by molar-refractivity contribution is 0.445. The monoisotopic (exact) mass is 281 g/mol. The van der Waals surface area contributed by atoms with E-state index in [1.54, 1.807) is 19.9 Å². The first-order valence-corrected chi connectivity index (χ1v) is 6.56. The summed E-state index contributed by atoms with van der Waals surface area (Å²) in [6.45, 7) is 7.19. The number of hydrogen-bond acceptors (Lipinski definition) is 4. The van der Waals surface area contributed by atoms with E-state index in [1.807, 2.05) is 24.3 Å². The molecule has 0 spiro atoms. The van der Waals surface area contributed by atoms with Gasteiger partial charge in [-0.1, -0.05) is 18.7 Å². The van der Waals surface area contributed by atoms with Crippen LogP contribution in [0.1, 0.15) is 17.0 Å². The zero-order valence-corrected chi connectivity index (χ0v) is 11.8. The first kappa shape index (κ1) is 13.2. The quantitative estimate of drug-likeness (QED) is 0.670. The summed E-state index contributed by atoms with van der Waals surface area (Å²) in [6, 6.07) is 7.43. The van der Waals surface area contributed by atoms with E-state index >= 15 is 0 Å². The average molecular weight is 281 g/mol. The Kier molecular flexibility index (Phi) is 2.94. The Labute approximate surface area is 121 Å². The molecule has 4 nitrogen and oxygen atoms in total. The van der Waals surface area contributed by atoms with Crippen LogP contribution in [0.4, 0.5) is 0 Å². The highest BCUT2D eigenvalue weighted by molar-refractivity contribution is 5.73. The van der Waals surface area contributed by atoms with E-state index in [4.69, 9.17) is 4.42 Å². The number of phenols is 2. The minimum atomic E-state index is 0.0765. The third-order valence-electron chi connectivity index (χ3n) is 3.69. The molecule has 0 saturated heterocycles. The highest BCUT2D eigenvalue weighted by atomic mass is 16.3. The molecule has 0 aliphatic rings. The zero-order valence-electron chi connectivity index (χ0n) is 11.8. The van der Waals surface area contributed by atoms with Gasteiger partial charge in [0, 0.05) is 27.6 Å². The van der Waals surface area contributed by atoms with Crippen molar-refractivity contribution < 1.29 is 14.6 Å². The fraction of sp³-hybridized carbons (Fsp3) is 0.118. The predicted octanol–water partition coefficient (Wildman–Crippen LogP) is 2.09. The number of phenolic OH excluding ortho intramolecular Hbond substituents is 2. The first-order chi connectivity index (χ1) is 9.99. The number of oxazole rings is 1. The molecule has 0 aliphatic heterocycles. The van der Waals surface area contributed by atoms with Gasteiger partial charge in [0.1, 0.15) is 17.0 Å². The fourth-order valence-electron chi connectivity index (χ4n) is 2.31. The van der Waals surface area contributed by atoms with E-state index in [1.165, 1.54) is 0 Å². The number of nitrogens with zero attached hydrogens (tertiary/aromatic N) is 1. The van der Waals surface area contributed by atoms with Crippen LogP contribution < -0.4 is 10.4 Å². The van der Waals surface area contributed by atoms with Gasteiger partial charge in [0.2, 0.25) is 5.89 Å². The van der Waals surface area contributed by atoms with E-state index in [0.717, 1.165) is 5.52 Å². The van der Waals surface area contributed by atoms with E-state index < -0.39 is 0 Å². The molecule has 0 atom stereocenters. The number of aromatic hydroxyl groups is 2. The number of benzene rings is 2. The molecule has 2 aromatic carbocycles. The lowest BCUT2D eigenvalue weighted by Gasteiger charge is -2.07. The van der Waals surface area contributed by atoms with Crippen molar-refractivity contribution in [2.75, 3.05) is 0 Å². The van der Waals surface area contributed by atoms with E-state index in [0.29, 0.717) is 33.0 Å². The molecule has 0 unspecified atom stereocenters. The van der Waals surface area contributed by atoms with Crippen molar-refractivity contribution in [2.45, 2.75) is 13.8 Å². The number of aromatic nitrogens is 1. The van der Waals surface area contributed by atoms with Gasteiger partial charge in [0.05, 0.1) is 0 Å².